The number of aliphatic imine (C=N–C) groups is 2. The summed E-state index contributed by atoms with van der Waals surface area (Å²) >= 11 is 0. The van der Waals surface area contributed by atoms with Gasteiger partial charge in [0.05, 0.1) is 0 Å². The first-order valence-corrected chi connectivity index (χ1v) is 5.51. The normalized spacial score (nSPS) is 24.6. The molecule has 1 amide bonds. The molecule has 3 unspecified atom stereocenters. The third-order valence-corrected chi connectivity index (χ3v) is 2.62. The third-order valence-electron chi connectivity index (χ3n) is 2.62. The van der Waals surface area contributed by atoms with Crippen LogP contribution in [0.25, 0.3) is 0 Å². The highest BCUT2D eigenvalue weighted by molar-refractivity contribution is 5.95. The number of carbonyl (C=O) groups is 1. The van der Waals surface area contributed by atoms with Crippen molar-refractivity contribution in [1.29, 1.82) is 0 Å². The Labute approximate surface area is 105 Å². The van der Waals surface area contributed by atoms with Crippen molar-refractivity contribution in [2.24, 2.45) is 32.9 Å². The second kappa shape index (κ2) is 5.50. The molecule has 0 fully saturated rings. The highest BCUT2D eigenvalue weighted by Crippen LogP contribution is 2.21. The molecule has 0 aromatic carbocycles. The number of nitrogens with two attached hydrogens (primary N) is 4. The molecule has 0 spiro atoms. The third kappa shape index (κ3) is 3.20. The lowest BCUT2D eigenvalue weighted by Crippen LogP contribution is -2.47. The van der Waals surface area contributed by atoms with E-state index in [9.17, 15) is 4.79 Å². The van der Waals surface area contributed by atoms with E-state index in [0.717, 1.165) is 0 Å². The van der Waals surface area contributed by atoms with Gasteiger partial charge in [0.1, 0.15) is 0 Å². The fraction of sp³-hybridized carbons (Fsp3) is 0.500. The Hall–Kier alpha value is -2.09. The van der Waals surface area contributed by atoms with Crippen LogP contribution in [-0.2, 0) is 4.79 Å². The number of hydrogen-bond acceptors (Lipinski definition) is 3. The first-order chi connectivity index (χ1) is 8.32. The first-order valence-electron chi connectivity index (χ1n) is 5.51. The van der Waals surface area contributed by atoms with Gasteiger partial charge < -0.3 is 22.9 Å². The van der Waals surface area contributed by atoms with Gasteiger partial charge in [-0.1, -0.05) is 12.2 Å². The summed E-state index contributed by atoms with van der Waals surface area (Å²) in [6.07, 6.45) is 3.00. The van der Waals surface area contributed by atoms with E-state index in [4.69, 9.17) is 22.9 Å². The predicted octanol–water partition coefficient (Wildman–Crippen LogP) is -1.97. The van der Waals surface area contributed by atoms with Crippen LogP contribution in [0.3, 0.4) is 0 Å². The summed E-state index contributed by atoms with van der Waals surface area (Å²) in [6.45, 7) is 3.86. The minimum absolute atomic E-state index is 0.0197. The van der Waals surface area contributed by atoms with Crippen LogP contribution >= 0.6 is 0 Å². The average Bonchev–Trinajstić information content (AvgIpc) is 2.54. The number of hydrogen-bond donors (Lipinski definition) is 4. The molecule has 3 atom stereocenters. The van der Waals surface area contributed by atoms with Crippen molar-refractivity contribution >= 4 is 17.8 Å². The smallest absolute Gasteiger partial charge is 0.288 e. The summed E-state index contributed by atoms with van der Waals surface area (Å²) in [5.41, 5.74) is 21.1. The van der Waals surface area contributed by atoms with Crippen molar-refractivity contribution < 1.29 is 4.79 Å². The van der Waals surface area contributed by atoms with Crippen LogP contribution in [-0.4, -0.2) is 41.0 Å². The molecule has 0 aliphatic carbocycles. The summed E-state index contributed by atoms with van der Waals surface area (Å²) in [6, 6.07) is 0.0393. The highest BCUT2D eigenvalue weighted by Gasteiger charge is 2.34. The lowest BCUT2D eigenvalue weighted by Gasteiger charge is -2.30. The Morgan fingerprint density at radius 3 is 2.00 bits per heavy atom. The minimum Gasteiger partial charge on any atom is -0.370 e. The Bertz CT molecular complexity index is 394. The van der Waals surface area contributed by atoms with E-state index in [1.807, 2.05) is 30.9 Å². The van der Waals surface area contributed by atoms with E-state index in [2.05, 4.69) is 9.98 Å². The molecule has 1 rings (SSSR count). The van der Waals surface area contributed by atoms with Gasteiger partial charge in [0.25, 0.3) is 5.91 Å². The van der Waals surface area contributed by atoms with Gasteiger partial charge in [-0.3, -0.25) is 9.69 Å². The SMILES string of the molecule is CC1C=CC(C)N1C(N=C(N)N)C(=O)N=C(N)N. The zero-order valence-corrected chi connectivity index (χ0v) is 10.4. The standard InChI is InChI=1S/C10H19N7O/c1-5-3-4-6(2)17(5)7(15-9(11)12)8(18)16-10(13)14/h3-7H,1-2H3,(H4,11,12,15)(H4,13,14,16,18). The van der Waals surface area contributed by atoms with Crippen LogP contribution in [0.1, 0.15) is 13.8 Å². The molecule has 1 aliphatic heterocycles. The van der Waals surface area contributed by atoms with Crippen molar-refractivity contribution in [2.45, 2.75) is 32.1 Å². The van der Waals surface area contributed by atoms with Gasteiger partial charge in [0, 0.05) is 12.1 Å². The van der Waals surface area contributed by atoms with Crippen molar-refractivity contribution in [2.75, 3.05) is 0 Å². The monoisotopic (exact) mass is 253 g/mol. The molecule has 0 aromatic heterocycles. The summed E-state index contributed by atoms with van der Waals surface area (Å²) in [5, 5.41) is 0. The first kappa shape index (κ1) is 14.0. The van der Waals surface area contributed by atoms with Crippen LogP contribution in [0.5, 0.6) is 0 Å². The molecule has 100 valence electrons. The molecule has 0 saturated carbocycles. The molecule has 0 saturated heterocycles. The fourth-order valence-corrected chi connectivity index (χ4v) is 1.91. The van der Waals surface area contributed by atoms with E-state index in [0.29, 0.717) is 0 Å². The molecule has 1 aliphatic rings. The van der Waals surface area contributed by atoms with E-state index in [1.54, 1.807) is 0 Å². The van der Waals surface area contributed by atoms with Gasteiger partial charge in [-0.15, -0.1) is 0 Å². The zero-order chi connectivity index (χ0) is 13.9. The lowest BCUT2D eigenvalue weighted by atomic mass is 10.2. The highest BCUT2D eigenvalue weighted by atomic mass is 16.2. The topological polar surface area (TPSA) is 149 Å². The molecule has 0 aromatic rings. The molecule has 8 heteroatoms. The molecular formula is C10H19N7O. The summed E-state index contributed by atoms with van der Waals surface area (Å²) in [4.78, 5) is 21.1. The lowest BCUT2D eigenvalue weighted by molar-refractivity contribution is -0.123. The quantitative estimate of drug-likeness (QED) is 0.260. The Morgan fingerprint density at radius 1 is 1.11 bits per heavy atom. The maximum Gasteiger partial charge on any atom is 0.288 e. The van der Waals surface area contributed by atoms with Crippen molar-refractivity contribution in [3.05, 3.63) is 12.2 Å². The van der Waals surface area contributed by atoms with Crippen molar-refractivity contribution in [1.82, 2.24) is 4.90 Å². The van der Waals surface area contributed by atoms with E-state index in [-0.39, 0.29) is 24.0 Å². The van der Waals surface area contributed by atoms with Crippen LogP contribution in [0.15, 0.2) is 22.1 Å². The Balaban J connectivity index is 3.03. The predicted molar refractivity (Wildman–Crippen MR) is 70.3 cm³/mol. The maximum absolute atomic E-state index is 11.9. The molecule has 18 heavy (non-hydrogen) atoms. The van der Waals surface area contributed by atoms with Gasteiger partial charge in [-0.25, -0.2) is 4.99 Å². The van der Waals surface area contributed by atoms with E-state index < -0.39 is 12.1 Å². The summed E-state index contributed by atoms with van der Waals surface area (Å²) in [7, 11) is 0. The van der Waals surface area contributed by atoms with Crippen LogP contribution in [0.4, 0.5) is 0 Å². The second-order valence-electron chi connectivity index (χ2n) is 4.12. The number of carbonyl (C=O) groups excluding carboxylic acids is 1. The van der Waals surface area contributed by atoms with Gasteiger partial charge in [0.2, 0.25) is 0 Å². The minimum atomic E-state index is -0.919. The molecular weight excluding hydrogens is 234 g/mol. The average molecular weight is 253 g/mol. The van der Waals surface area contributed by atoms with Gasteiger partial charge >= 0.3 is 0 Å². The summed E-state index contributed by atoms with van der Waals surface area (Å²) < 4.78 is 0. The molecule has 1 heterocycles. The number of nitrogens with zero attached hydrogens (tertiary/aromatic N) is 3. The Kier molecular flexibility index (Phi) is 4.27. The second-order valence-corrected chi connectivity index (χ2v) is 4.12. The molecule has 0 bridgehead atoms. The van der Waals surface area contributed by atoms with Gasteiger partial charge in [0.15, 0.2) is 18.1 Å². The van der Waals surface area contributed by atoms with Crippen LogP contribution in [0.2, 0.25) is 0 Å². The maximum atomic E-state index is 11.9. The van der Waals surface area contributed by atoms with Gasteiger partial charge in [-0.2, -0.15) is 4.99 Å². The van der Waals surface area contributed by atoms with Crippen molar-refractivity contribution in [3.63, 3.8) is 0 Å². The Morgan fingerprint density at radius 2 is 1.61 bits per heavy atom. The van der Waals surface area contributed by atoms with Crippen molar-refractivity contribution in [3.8, 4) is 0 Å². The molecule has 8 N–H and O–H groups in total. The van der Waals surface area contributed by atoms with E-state index in [1.165, 1.54) is 0 Å². The largest absolute Gasteiger partial charge is 0.370 e. The summed E-state index contributed by atoms with van der Waals surface area (Å²) in [5.74, 6) is -1.10. The number of amides is 1. The number of rotatable bonds is 3. The van der Waals surface area contributed by atoms with Gasteiger partial charge in [-0.05, 0) is 13.8 Å². The van der Waals surface area contributed by atoms with E-state index >= 15 is 0 Å². The fourth-order valence-electron chi connectivity index (χ4n) is 1.91. The van der Waals surface area contributed by atoms with Crippen LogP contribution in [0, 0.1) is 0 Å². The molecule has 0 radical (unpaired) electrons. The van der Waals surface area contributed by atoms with Crippen LogP contribution < -0.4 is 22.9 Å². The number of guanidine groups is 2. The zero-order valence-electron chi connectivity index (χ0n) is 10.4. The molecule has 8 nitrogen and oxygen atoms in total.